The fraction of sp³-hybridized carbons (Fsp3) is 0.214. The molecule has 0 fully saturated rings. The molecule has 0 saturated carbocycles. The molecule has 2 aromatic rings. The maximum absolute atomic E-state index is 12.1. The fourth-order valence-electron chi connectivity index (χ4n) is 1.73. The molecule has 6 nitrogen and oxygen atoms in total. The number of H-pyrrole nitrogens is 1. The number of aliphatic hydroxyl groups excluding tert-OH is 1. The molecule has 1 aromatic carbocycles. The molecule has 0 radical (unpaired) electrons. The molecular weight excluding hydrogens is 256 g/mol. The predicted molar refractivity (Wildman–Crippen MR) is 72.7 cm³/mol. The molecule has 102 valence electrons. The topological polar surface area (TPSA) is 90.9 Å². The van der Waals surface area contributed by atoms with Gasteiger partial charge in [-0.05, 0) is 24.6 Å². The van der Waals surface area contributed by atoms with E-state index in [4.69, 9.17) is 5.11 Å². The minimum absolute atomic E-state index is 0.202. The molecule has 6 heteroatoms. The lowest BCUT2D eigenvalue weighted by atomic mass is 10.0. The number of carbonyl (C=O) groups is 1. The molecule has 0 aliphatic carbocycles. The molecule has 1 heterocycles. The van der Waals surface area contributed by atoms with Crippen LogP contribution in [-0.2, 0) is 6.54 Å². The van der Waals surface area contributed by atoms with Crippen molar-refractivity contribution in [2.24, 2.45) is 0 Å². The van der Waals surface area contributed by atoms with Crippen LogP contribution in [0.15, 0.2) is 24.5 Å². The standard InChI is InChI=1S/C14H14N4O2/c1-10-11(5-3-7-19)4-2-6-12(10)14(20)15-8-13-16-9-17-18-13/h2,4,6,9,19H,7-8H2,1H3,(H,15,20)(H,16,17,18). The summed E-state index contributed by atoms with van der Waals surface area (Å²) in [6, 6.07) is 5.30. The van der Waals surface area contributed by atoms with Crippen LogP contribution < -0.4 is 5.32 Å². The molecule has 0 spiro atoms. The Balaban J connectivity index is 2.13. The number of aromatic nitrogens is 3. The molecular formula is C14H14N4O2. The zero-order valence-electron chi connectivity index (χ0n) is 11.0. The van der Waals surface area contributed by atoms with E-state index in [-0.39, 0.29) is 19.1 Å². The van der Waals surface area contributed by atoms with E-state index < -0.39 is 0 Å². The number of benzene rings is 1. The molecule has 3 N–H and O–H groups in total. The van der Waals surface area contributed by atoms with E-state index in [1.165, 1.54) is 6.33 Å². The Morgan fingerprint density at radius 1 is 1.50 bits per heavy atom. The van der Waals surface area contributed by atoms with Gasteiger partial charge < -0.3 is 10.4 Å². The van der Waals surface area contributed by atoms with Gasteiger partial charge in [0.15, 0.2) is 0 Å². The van der Waals surface area contributed by atoms with E-state index in [2.05, 4.69) is 32.3 Å². The van der Waals surface area contributed by atoms with Crippen LogP contribution in [0.5, 0.6) is 0 Å². The van der Waals surface area contributed by atoms with Crippen molar-refractivity contribution < 1.29 is 9.90 Å². The molecule has 0 aliphatic heterocycles. The summed E-state index contributed by atoms with van der Waals surface area (Å²) in [6.07, 6.45) is 1.39. The van der Waals surface area contributed by atoms with Crippen molar-refractivity contribution in [3.63, 3.8) is 0 Å². The highest BCUT2D eigenvalue weighted by molar-refractivity contribution is 5.96. The molecule has 0 saturated heterocycles. The minimum atomic E-state index is -0.207. The van der Waals surface area contributed by atoms with Crippen LogP contribution in [0, 0.1) is 18.8 Å². The quantitative estimate of drug-likeness (QED) is 0.703. The van der Waals surface area contributed by atoms with Gasteiger partial charge in [-0.15, -0.1) is 0 Å². The zero-order chi connectivity index (χ0) is 14.4. The van der Waals surface area contributed by atoms with Crippen molar-refractivity contribution in [3.05, 3.63) is 47.0 Å². The van der Waals surface area contributed by atoms with Crippen LogP contribution in [0.1, 0.15) is 27.3 Å². The van der Waals surface area contributed by atoms with Crippen molar-refractivity contribution in [3.8, 4) is 11.8 Å². The molecule has 0 aliphatic rings. The van der Waals surface area contributed by atoms with Gasteiger partial charge in [-0.1, -0.05) is 17.9 Å². The number of rotatable bonds is 3. The van der Waals surface area contributed by atoms with Gasteiger partial charge in [0.2, 0.25) is 0 Å². The first-order valence-corrected chi connectivity index (χ1v) is 6.04. The number of hydrogen-bond donors (Lipinski definition) is 3. The summed E-state index contributed by atoms with van der Waals surface area (Å²) in [4.78, 5) is 16.0. The van der Waals surface area contributed by atoms with Gasteiger partial charge in [-0.2, -0.15) is 5.10 Å². The first-order chi connectivity index (χ1) is 9.72. The van der Waals surface area contributed by atoms with E-state index in [1.807, 2.05) is 13.0 Å². The summed E-state index contributed by atoms with van der Waals surface area (Å²) in [5.41, 5.74) is 2.06. The summed E-state index contributed by atoms with van der Waals surface area (Å²) in [6.45, 7) is 1.90. The summed E-state index contributed by atoms with van der Waals surface area (Å²) in [7, 11) is 0. The van der Waals surface area contributed by atoms with Gasteiger partial charge in [0.1, 0.15) is 18.8 Å². The Labute approximate surface area is 116 Å². The second kappa shape index (κ2) is 6.50. The Kier molecular flexibility index (Phi) is 4.47. The monoisotopic (exact) mass is 270 g/mol. The number of aromatic amines is 1. The second-order valence-electron chi connectivity index (χ2n) is 4.05. The van der Waals surface area contributed by atoms with Gasteiger partial charge >= 0.3 is 0 Å². The van der Waals surface area contributed by atoms with Crippen molar-refractivity contribution >= 4 is 5.91 Å². The maximum Gasteiger partial charge on any atom is 0.251 e. The van der Waals surface area contributed by atoms with E-state index in [0.717, 1.165) is 11.1 Å². The van der Waals surface area contributed by atoms with Crippen LogP contribution >= 0.6 is 0 Å². The predicted octanol–water partition coefficient (Wildman–Crippen LogP) is 0.387. The van der Waals surface area contributed by atoms with Gasteiger partial charge in [-0.3, -0.25) is 9.89 Å². The number of amides is 1. The lowest BCUT2D eigenvalue weighted by Gasteiger charge is -2.08. The third-order valence-corrected chi connectivity index (χ3v) is 2.76. The normalized spacial score (nSPS) is 9.70. The molecule has 0 atom stereocenters. The van der Waals surface area contributed by atoms with Crippen LogP contribution in [-0.4, -0.2) is 32.8 Å². The molecule has 2 rings (SSSR count). The average molecular weight is 270 g/mol. The highest BCUT2D eigenvalue weighted by Gasteiger charge is 2.11. The number of aliphatic hydroxyl groups is 1. The van der Waals surface area contributed by atoms with Crippen molar-refractivity contribution in [2.75, 3.05) is 6.61 Å². The average Bonchev–Trinajstić information content (AvgIpc) is 2.97. The van der Waals surface area contributed by atoms with E-state index in [1.54, 1.807) is 12.1 Å². The highest BCUT2D eigenvalue weighted by atomic mass is 16.2. The van der Waals surface area contributed by atoms with Gasteiger partial charge in [0.05, 0.1) is 6.54 Å². The smallest absolute Gasteiger partial charge is 0.251 e. The fourth-order valence-corrected chi connectivity index (χ4v) is 1.73. The maximum atomic E-state index is 12.1. The van der Waals surface area contributed by atoms with Gasteiger partial charge in [0.25, 0.3) is 5.91 Å². The number of nitrogens with zero attached hydrogens (tertiary/aromatic N) is 2. The molecule has 1 aromatic heterocycles. The van der Waals surface area contributed by atoms with E-state index in [9.17, 15) is 4.79 Å². The third kappa shape index (κ3) is 3.22. The van der Waals surface area contributed by atoms with E-state index in [0.29, 0.717) is 11.4 Å². The summed E-state index contributed by atoms with van der Waals surface area (Å²) in [5, 5.41) is 17.9. The highest BCUT2D eigenvalue weighted by Crippen LogP contribution is 2.12. The van der Waals surface area contributed by atoms with Crippen LogP contribution in [0.4, 0.5) is 0 Å². The number of nitrogens with one attached hydrogen (secondary N) is 2. The largest absolute Gasteiger partial charge is 0.384 e. The Morgan fingerprint density at radius 2 is 2.35 bits per heavy atom. The molecule has 0 bridgehead atoms. The van der Waals surface area contributed by atoms with Crippen molar-refractivity contribution in [1.82, 2.24) is 20.5 Å². The zero-order valence-corrected chi connectivity index (χ0v) is 11.0. The number of hydrogen-bond acceptors (Lipinski definition) is 4. The lowest BCUT2D eigenvalue weighted by molar-refractivity contribution is 0.0949. The minimum Gasteiger partial charge on any atom is -0.384 e. The number of carbonyl (C=O) groups excluding carboxylic acids is 1. The SMILES string of the molecule is Cc1c(C#CCO)cccc1C(=O)NCc1ncn[nH]1. The van der Waals surface area contributed by atoms with Crippen LogP contribution in [0.25, 0.3) is 0 Å². The molecule has 0 unspecified atom stereocenters. The summed E-state index contributed by atoms with van der Waals surface area (Å²) in [5.74, 6) is 5.78. The Morgan fingerprint density at radius 3 is 3.05 bits per heavy atom. The van der Waals surface area contributed by atoms with Crippen molar-refractivity contribution in [1.29, 1.82) is 0 Å². The lowest BCUT2D eigenvalue weighted by Crippen LogP contribution is -2.24. The van der Waals surface area contributed by atoms with Crippen LogP contribution in [0.3, 0.4) is 0 Å². The second-order valence-corrected chi connectivity index (χ2v) is 4.05. The third-order valence-electron chi connectivity index (χ3n) is 2.76. The van der Waals surface area contributed by atoms with E-state index >= 15 is 0 Å². The Bertz CT molecular complexity index is 654. The summed E-state index contributed by atoms with van der Waals surface area (Å²) >= 11 is 0. The van der Waals surface area contributed by atoms with Gasteiger partial charge in [0, 0.05) is 11.1 Å². The molecule has 1 amide bonds. The van der Waals surface area contributed by atoms with Crippen molar-refractivity contribution in [2.45, 2.75) is 13.5 Å². The Hall–Kier alpha value is -2.65. The van der Waals surface area contributed by atoms with Gasteiger partial charge in [-0.25, -0.2) is 4.98 Å². The van der Waals surface area contributed by atoms with Crippen LogP contribution in [0.2, 0.25) is 0 Å². The first kappa shape index (κ1) is 13.8. The molecule has 20 heavy (non-hydrogen) atoms. The first-order valence-electron chi connectivity index (χ1n) is 6.04. The summed E-state index contributed by atoms with van der Waals surface area (Å²) < 4.78 is 0.